The van der Waals surface area contributed by atoms with Crippen molar-refractivity contribution in [1.29, 1.82) is 0 Å². The van der Waals surface area contributed by atoms with Gasteiger partial charge in [-0.3, -0.25) is 9.89 Å². The van der Waals surface area contributed by atoms with Gasteiger partial charge in [-0.25, -0.2) is 0 Å². The minimum atomic E-state index is -4.13. The summed E-state index contributed by atoms with van der Waals surface area (Å²) in [4.78, 5) is 5.53. The molecule has 1 unspecified atom stereocenters. The van der Waals surface area contributed by atoms with Crippen LogP contribution in [0, 0.1) is 0 Å². The Morgan fingerprint density at radius 1 is 1.30 bits per heavy atom. The van der Waals surface area contributed by atoms with Crippen LogP contribution in [0.15, 0.2) is 4.99 Å². The molecule has 0 aromatic rings. The first-order chi connectivity index (χ1) is 10.9. The number of rotatable bonds is 9. The second-order valence-corrected chi connectivity index (χ2v) is 5.80. The van der Waals surface area contributed by atoms with Gasteiger partial charge in [0.15, 0.2) is 5.96 Å². The van der Waals surface area contributed by atoms with Gasteiger partial charge in [-0.1, -0.05) is 13.3 Å². The lowest BCUT2D eigenvalue weighted by atomic mass is 10.3. The van der Waals surface area contributed by atoms with Gasteiger partial charge in [0.2, 0.25) is 0 Å². The molecule has 0 amide bonds. The molecular formula is C15H29F3N4O. The predicted molar refractivity (Wildman–Crippen MR) is 85.7 cm³/mol. The van der Waals surface area contributed by atoms with E-state index in [1.807, 2.05) is 0 Å². The summed E-state index contributed by atoms with van der Waals surface area (Å²) in [7, 11) is 1.66. The molecule has 0 bridgehead atoms. The number of nitrogens with one attached hydrogen (secondary N) is 2. The second-order valence-electron chi connectivity index (χ2n) is 5.80. The van der Waals surface area contributed by atoms with E-state index >= 15 is 0 Å². The molecule has 1 rings (SSSR count). The van der Waals surface area contributed by atoms with E-state index in [2.05, 4.69) is 22.5 Å². The molecule has 0 spiro atoms. The van der Waals surface area contributed by atoms with Gasteiger partial charge >= 0.3 is 6.18 Å². The number of hydrogen-bond acceptors (Lipinski definition) is 3. The van der Waals surface area contributed by atoms with E-state index in [0.717, 1.165) is 32.4 Å². The molecule has 0 aromatic heterocycles. The number of likely N-dealkylation sites (tertiary alicyclic amines) is 1. The molecule has 1 aliphatic heterocycles. The summed E-state index contributed by atoms with van der Waals surface area (Å²) in [6, 6.07) is 0.00403. The van der Waals surface area contributed by atoms with Crippen LogP contribution in [-0.4, -0.2) is 69.5 Å². The lowest BCUT2D eigenvalue weighted by Crippen LogP contribution is -2.45. The number of unbranched alkanes of at least 4 members (excludes halogenated alkanes) is 1. The highest BCUT2D eigenvalue weighted by atomic mass is 19.4. The molecule has 0 aliphatic carbocycles. The first kappa shape index (κ1) is 20.0. The summed E-state index contributed by atoms with van der Waals surface area (Å²) in [5, 5.41) is 6.35. The van der Waals surface area contributed by atoms with E-state index < -0.39 is 12.7 Å². The molecule has 2 N–H and O–H groups in total. The third-order valence-corrected chi connectivity index (χ3v) is 3.64. The summed E-state index contributed by atoms with van der Waals surface area (Å²) >= 11 is 0. The van der Waals surface area contributed by atoms with Crippen LogP contribution >= 0.6 is 0 Å². The van der Waals surface area contributed by atoms with Gasteiger partial charge in [0.25, 0.3) is 0 Å². The fourth-order valence-electron chi connectivity index (χ4n) is 2.47. The van der Waals surface area contributed by atoms with Gasteiger partial charge in [-0.05, 0) is 19.3 Å². The zero-order chi connectivity index (χ0) is 17.1. The van der Waals surface area contributed by atoms with Crippen LogP contribution in [0.5, 0.6) is 0 Å². The van der Waals surface area contributed by atoms with E-state index in [1.165, 1.54) is 4.90 Å². The minimum absolute atomic E-state index is 0.00403. The summed E-state index contributed by atoms with van der Waals surface area (Å²) in [5.41, 5.74) is 0. The summed E-state index contributed by atoms with van der Waals surface area (Å²) in [6.07, 6.45) is -0.368. The molecule has 1 atom stereocenters. The number of ether oxygens (including phenoxy) is 1. The van der Waals surface area contributed by atoms with E-state index in [1.54, 1.807) is 7.05 Å². The van der Waals surface area contributed by atoms with Crippen molar-refractivity contribution in [3.05, 3.63) is 0 Å². The molecular weight excluding hydrogens is 309 g/mol. The Morgan fingerprint density at radius 3 is 2.70 bits per heavy atom. The summed E-state index contributed by atoms with van der Waals surface area (Å²) in [6.45, 7) is 4.35. The molecule has 1 fully saturated rings. The van der Waals surface area contributed by atoms with E-state index in [4.69, 9.17) is 4.74 Å². The van der Waals surface area contributed by atoms with Crippen LogP contribution in [0.25, 0.3) is 0 Å². The number of guanidine groups is 1. The Kier molecular flexibility index (Phi) is 9.31. The fraction of sp³-hybridized carbons (Fsp3) is 0.933. The highest BCUT2D eigenvalue weighted by Crippen LogP contribution is 2.19. The maximum Gasteiger partial charge on any atom is 0.401 e. The Hall–Kier alpha value is -1.02. The van der Waals surface area contributed by atoms with Crippen molar-refractivity contribution in [1.82, 2.24) is 15.5 Å². The fourth-order valence-corrected chi connectivity index (χ4v) is 2.47. The molecule has 1 saturated heterocycles. The van der Waals surface area contributed by atoms with Crippen LogP contribution in [-0.2, 0) is 4.74 Å². The molecule has 0 radical (unpaired) electrons. The smallest absolute Gasteiger partial charge is 0.381 e. The molecule has 0 aromatic carbocycles. The third-order valence-electron chi connectivity index (χ3n) is 3.64. The molecule has 5 nitrogen and oxygen atoms in total. The molecule has 8 heteroatoms. The molecule has 1 aliphatic rings. The first-order valence-corrected chi connectivity index (χ1v) is 8.28. The van der Waals surface area contributed by atoms with Gasteiger partial charge in [-0.15, -0.1) is 0 Å². The van der Waals surface area contributed by atoms with Crippen molar-refractivity contribution in [2.45, 2.75) is 44.8 Å². The number of alkyl halides is 3. The standard InChI is InChI=1S/C15H29F3N4O/c1-3-4-9-23-10-5-7-20-14(19-2)21-13-6-8-22(11-13)12-15(16,17)18/h13H,3-12H2,1-2H3,(H2,19,20,21). The van der Waals surface area contributed by atoms with E-state index in [0.29, 0.717) is 32.1 Å². The van der Waals surface area contributed by atoms with Crippen molar-refractivity contribution < 1.29 is 17.9 Å². The van der Waals surface area contributed by atoms with Gasteiger partial charge < -0.3 is 15.4 Å². The maximum absolute atomic E-state index is 12.4. The average Bonchev–Trinajstić information content (AvgIpc) is 2.90. The van der Waals surface area contributed by atoms with E-state index in [-0.39, 0.29) is 6.04 Å². The normalized spacial score (nSPS) is 20.0. The molecule has 23 heavy (non-hydrogen) atoms. The second kappa shape index (κ2) is 10.7. The largest absolute Gasteiger partial charge is 0.401 e. The van der Waals surface area contributed by atoms with Crippen LogP contribution in [0.2, 0.25) is 0 Å². The molecule has 136 valence electrons. The molecule has 1 heterocycles. The lowest BCUT2D eigenvalue weighted by molar-refractivity contribution is -0.143. The van der Waals surface area contributed by atoms with Crippen molar-refractivity contribution in [3.8, 4) is 0 Å². The Bertz CT molecular complexity index is 350. The molecule has 0 saturated carbocycles. The third kappa shape index (κ3) is 9.65. The zero-order valence-corrected chi connectivity index (χ0v) is 14.1. The average molecular weight is 338 g/mol. The van der Waals surface area contributed by atoms with Gasteiger partial charge in [0, 0.05) is 45.9 Å². The predicted octanol–water partition coefficient (Wildman–Crippen LogP) is 1.99. The number of halogens is 3. The number of aliphatic imine (C=N–C) groups is 1. The van der Waals surface area contributed by atoms with Crippen molar-refractivity contribution >= 4 is 5.96 Å². The van der Waals surface area contributed by atoms with Gasteiger partial charge in [0.1, 0.15) is 0 Å². The Morgan fingerprint density at radius 2 is 2.04 bits per heavy atom. The Labute approximate surface area is 136 Å². The number of nitrogens with zero attached hydrogens (tertiary/aromatic N) is 2. The topological polar surface area (TPSA) is 48.9 Å². The van der Waals surface area contributed by atoms with Crippen molar-refractivity contribution in [2.75, 3.05) is 46.4 Å². The lowest BCUT2D eigenvalue weighted by Gasteiger charge is -2.19. The van der Waals surface area contributed by atoms with E-state index in [9.17, 15) is 13.2 Å². The summed E-state index contributed by atoms with van der Waals surface area (Å²) < 4.78 is 42.6. The van der Waals surface area contributed by atoms with Crippen LogP contribution in [0.1, 0.15) is 32.6 Å². The summed E-state index contributed by atoms with van der Waals surface area (Å²) in [5.74, 6) is 0.636. The quantitative estimate of drug-likeness (QED) is 0.384. The van der Waals surface area contributed by atoms with Gasteiger partial charge in [-0.2, -0.15) is 13.2 Å². The SMILES string of the molecule is CCCCOCCCNC(=NC)NC1CCN(CC(F)(F)F)C1. The van der Waals surface area contributed by atoms with Crippen molar-refractivity contribution in [3.63, 3.8) is 0 Å². The highest BCUT2D eigenvalue weighted by molar-refractivity contribution is 5.79. The van der Waals surface area contributed by atoms with Gasteiger partial charge in [0.05, 0.1) is 6.54 Å². The monoisotopic (exact) mass is 338 g/mol. The van der Waals surface area contributed by atoms with Crippen molar-refractivity contribution in [2.24, 2.45) is 4.99 Å². The minimum Gasteiger partial charge on any atom is -0.381 e. The zero-order valence-electron chi connectivity index (χ0n) is 14.1. The van der Waals surface area contributed by atoms with Crippen LogP contribution in [0.4, 0.5) is 13.2 Å². The van der Waals surface area contributed by atoms with Crippen LogP contribution < -0.4 is 10.6 Å². The highest BCUT2D eigenvalue weighted by Gasteiger charge is 2.34. The first-order valence-electron chi connectivity index (χ1n) is 8.28. The number of hydrogen-bond donors (Lipinski definition) is 2. The maximum atomic E-state index is 12.4. The Balaban J connectivity index is 2.15. The van der Waals surface area contributed by atoms with Crippen LogP contribution in [0.3, 0.4) is 0 Å².